The number of hydrogen-bond donors (Lipinski definition) is 1. The van der Waals surface area contributed by atoms with E-state index in [1.807, 2.05) is 26.2 Å². The third-order valence-corrected chi connectivity index (χ3v) is 3.77. The van der Waals surface area contributed by atoms with Crippen molar-refractivity contribution < 1.29 is 4.92 Å². The van der Waals surface area contributed by atoms with Crippen molar-refractivity contribution in [3.63, 3.8) is 0 Å². The normalized spacial score (nSPS) is 11.1. The van der Waals surface area contributed by atoms with Crippen molar-refractivity contribution in [2.45, 2.75) is 40.3 Å². The minimum atomic E-state index is -0.392. The van der Waals surface area contributed by atoms with Crippen molar-refractivity contribution in [1.29, 1.82) is 0 Å². The molecule has 0 aliphatic carbocycles. The van der Waals surface area contributed by atoms with Crippen molar-refractivity contribution in [2.24, 2.45) is 0 Å². The zero-order valence-electron chi connectivity index (χ0n) is 11.9. The Kier molecular flexibility index (Phi) is 4.03. The monoisotopic (exact) mass is 295 g/mol. The van der Waals surface area contributed by atoms with Crippen LogP contribution >= 0.6 is 11.3 Å². The first-order valence-electron chi connectivity index (χ1n) is 6.28. The summed E-state index contributed by atoms with van der Waals surface area (Å²) in [7, 11) is 0. The molecule has 0 spiro atoms. The highest BCUT2D eigenvalue weighted by molar-refractivity contribution is 7.09. The Hall–Kier alpha value is -1.96. The highest BCUT2D eigenvalue weighted by atomic mass is 32.1. The summed E-state index contributed by atoms with van der Waals surface area (Å²) in [6.45, 7) is 7.90. The van der Waals surface area contributed by atoms with E-state index in [4.69, 9.17) is 0 Å². The molecule has 7 nitrogen and oxygen atoms in total. The number of thiazole rings is 1. The summed E-state index contributed by atoms with van der Waals surface area (Å²) in [5, 5.41) is 21.4. The molecule has 20 heavy (non-hydrogen) atoms. The summed E-state index contributed by atoms with van der Waals surface area (Å²) in [5.74, 6) is 0.440. The highest BCUT2D eigenvalue weighted by Gasteiger charge is 2.26. The van der Waals surface area contributed by atoms with Crippen LogP contribution in [0.25, 0.3) is 0 Å². The Labute approximate surface area is 120 Å². The van der Waals surface area contributed by atoms with Gasteiger partial charge in [-0.2, -0.15) is 5.10 Å². The van der Waals surface area contributed by atoms with Gasteiger partial charge in [-0.15, -0.1) is 11.3 Å². The van der Waals surface area contributed by atoms with E-state index in [1.165, 1.54) is 11.3 Å². The van der Waals surface area contributed by atoms with Crippen LogP contribution in [0.4, 0.5) is 11.5 Å². The average Bonchev–Trinajstić information content (AvgIpc) is 2.90. The van der Waals surface area contributed by atoms with Crippen LogP contribution in [0.2, 0.25) is 0 Å². The molecule has 0 radical (unpaired) electrons. The Morgan fingerprint density at radius 1 is 1.50 bits per heavy atom. The Morgan fingerprint density at radius 3 is 2.70 bits per heavy atom. The van der Waals surface area contributed by atoms with Crippen LogP contribution in [0.3, 0.4) is 0 Å². The quantitative estimate of drug-likeness (QED) is 0.676. The summed E-state index contributed by atoms with van der Waals surface area (Å²) >= 11 is 1.53. The van der Waals surface area contributed by atoms with Gasteiger partial charge in [-0.25, -0.2) is 9.67 Å². The number of nitro groups is 1. The first-order valence-corrected chi connectivity index (χ1v) is 7.16. The van der Waals surface area contributed by atoms with Crippen LogP contribution in [-0.2, 0) is 6.54 Å². The SMILES string of the molecule is Cc1csc(CNc2c([N+](=O)[O-])c(C)nn2C(C)C)n1. The molecule has 0 aliphatic heterocycles. The van der Waals surface area contributed by atoms with Gasteiger partial charge >= 0.3 is 5.69 Å². The molecule has 0 atom stereocenters. The first kappa shape index (κ1) is 14.4. The van der Waals surface area contributed by atoms with Gasteiger partial charge in [0, 0.05) is 17.1 Å². The molecule has 1 N–H and O–H groups in total. The second kappa shape index (κ2) is 5.58. The molecule has 108 valence electrons. The van der Waals surface area contributed by atoms with Crippen LogP contribution in [0.1, 0.15) is 36.3 Å². The molecule has 0 saturated heterocycles. The molecule has 2 heterocycles. The Balaban J connectivity index is 2.31. The number of anilines is 1. The van der Waals surface area contributed by atoms with E-state index >= 15 is 0 Å². The number of hydrogen-bond acceptors (Lipinski definition) is 6. The van der Waals surface area contributed by atoms with Gasteiger partial charge in [-0.3, -0.25) is 10.1 Å². The summed E-state index contributed by atoms with van der Waals surface area (Å²) in [4.78, 5) is 15.1. The minimum Gasteiger partial charge on any atom is -0.358 e. The largest absolute Gasteiger partial charge is 0.358 e. The van der Waals surface area contributed by atoms with Crippen LogP contribution in [0, 0.1) is 24.0 Å². The van der Waals surface area contributed by atoms with Crippen molar-refractivity contribution in [1.82, 2.24) is 14.8 Å². The third-order valence-electron chi connectivity index (χ3n) is 2.80. The lowest BCUT2D eigenvalue weighted by Gasteiger charge is -2.11. The van der Waals surface area contributed by atoms with E-state index in [-0.39, 0.29) is 11.7 Å². The number of aromatic nitrogens is 3. The molecule has 2 aromatic heterocycles. The van der Waals surface area contributed by atoms with E-state index in [1.54, 1.807) is 11.6 Å². The lowest BCUT2D eigenvalue weighted by Crippen LogP contribution is -2.11. The summed E-state index contributed by atoms with van der Waals surface area (Å²) < 4.78 is 1.65. The fourth-order valence-corrected chi connectivity index (χ4v) is 2.65. The van der Waals surface area contributed by atoms with E-state index in [9.17, 15) is 10.1 Å². The summed E-state index contributed by atoms with van der Waals surface area (Å²) in [6.07, 6.45) is 0. The number of aryl methyl sites for hydroxylation is 2. The van der Waals surface area contributed by atoms with Gasteiger partial charge < -0.3 is 5.32 Å². The lowest BCUT2D eigenvalue weighted by molar-refractivity contribution is -0.384. The fourth-order valence-electron chi connectivity index (χ4n) is 1.94. The van der Waals surface area contributed by atoms with Gasteiger partial charge in [0.2, 0.25) is 5.82 Å². The Bertz CT molecular complexity index is 632. The predicted molar refractivity (Wildman–Crippen MR) is 78.2 cm³/mol. The molecular formula is C12H17N5O2S. The summed E-state index contributed by atoms with van der Waals surface area (Å²) in [5.41, 5.74) is 1.41. The lowest BCUT2D eigenvalue weighted by atomic mass is 10.3. The third kappa shape index (κ3) is 2.79. The number of nitrogens with one attached hydrogen (secondary N) is 1. The van der Waals surface area contributed by atoms with Crippen LogP contribution in [-0.4, -0.2) is 19.7 Å². The molecule has 0 bridgehead atoms. The van der Waals surface area contributed by atoms with Crippen LogP contribution in [0.15, 0.2) is 5.38 Å². The maximum absolute atomic E-state index is 11.2. The smallest absolute Gasteiger partial charge is 0.333 e. The van der Waals surface area contributed by atoms with Crippen molar-refractivity contribution in [2.75, 3.05) is 5.32 Å². The topological polar surface area (TPSA) is 85.9 Å². The zero-order valence-corrected chi connectivity index (χ0v) is 12.7. The maximum atomic E-state index is 11.2. The molecule has 0 unspecified atom stereocenters. The molecule has 8 heteroatoms. The molecule has 2 aromatic rings. The van der Waals surface area contributed by atoms with Crippen molar-refractivity contribution in [3.05, 3.63) is 31.9 Å². The van der Waals surface area contributed by atoms with Crippen LogP contribution in [0.5, 0.6) is 0 Å². The summed E-state index contributed by atoms with van der Waals surface area (Å²) in [6, 6.07) is 0.0444. The second-order valence-corrected chi connectivity index (χ2v) is 5.76. The minimum absolute atomic E-state index is 0.0342. The van der Waals surface area contributed by atoms with Gasteiger partial charge in [0.05, 0.1) is 11.5 Å². The molecule has 0 aromatic carbocycles. The average molecular weight is 295 g/mol. The van der Waals surface area contributed by atoms with Crippen LogP contribution < -0.4 is 5.32 Å². The second-order valence-electron chi connectivity index (χ2n) is 4.81. The molecule has 2 rings (SSSR count). The van der Waals surface area contributed by atoms with E-state index in [0.29, 0.717) is 18.1 Å². The van der Waals surface area contributed by atoms with Gasteiger partial charge in [0.15, 0.2) is 0 Å². The molecule has 0 aliphatic rings. The standard InChI is InChI=1S/C12H17N5O2S/c1-7(2)16-12(11(17(18)19)9(4)15-16)13-5-10-14-8(3)6-20-10/h6-7,13H,5H2,1-4H3. The molecular weight excluding hydrogens is 278 g/mol. The highest BCUT2D eigenvalue weighted by Crippen LogP contribution is 2.31. The van der Waals surface area contributed by atoms with Gasteiger partial charge in [-0.05, 0) is 27.7 Å². The van der Waals surface area contributed by atoms with E-state index in [2.05, 4.69) is 15.4 Å². The number of nitrogens with zero attached hydrogens (tertiary/aromatic N) is 4. The van der Waals surface area contributed by atoms with Crippen molar-refractivity contribution in [3.8, 4) is 0 Å². The first-order chi connectivity index (χ1) is 9.40. The molecule has 0 fully saturated rings. The number of rotatable bonds is 5. The zero-order chi connectivity index (χ0) is 14.9. The van der Waals surface area contributed by atoms with Gasteiger partial charge in [-0.1, -0.05) is 0 Å². The molecule has 0 saturated carbocycles. The van der Waals surface area contributed by atoms with E-state index in [0.717, 1.165) is 10.7 Å². The Morgan fingerprint density at radius 2 is 2.20 bits per heavy atom. The van der Waals surface area contributed by atoms with Gasteiger partial charge in [0.25, 0.3) is 0 Å². The molecule has 0 amide bonds. The maximum Gasteiger partial charge on any atom is 0.333 e. The van der Waals surface area contributed by atoms with Crippen molar-refractivity contribution >= 4 is 22.8 Å². The van der Waals surface area contributed by atoms with Gasteiger partial charge in [0.1, 0.15) is 10.7 Å². The fraction of sp³-hybridized carbons (Fsp3) is 0.500. The van der Waals surface area contributed by atoms with E-state index < -0.39 is 4.92 Å². The predicted octanol–water partition coefficient (Wildman–Crippen LogP) is 3.06.